The summed E-state index contributed by atoms with van der Waals surface area (Å²) in [6.45, 7) is 13.3. The van der Waals surface area contributed by atoms with Crippen LogP contribution in [-0.4, -0.2) is 54.2 Å². The van der Waals surface area contributed by atoms with E-state index >= 15 is 0 Å². The van der Waals surface area contributed by atoms with Gasteiger partial charge in [-0.15, -0.1) is 0 Å². The zero-order valence-corrected chi connectivity index (χ0v) is 32.0. The maximum Gasteiger partial charge on any atom is 2.00 e. The van der Waals surface area contributed by atoms with Crippen molar-refractivity contribution in [3.8, 4) is 0 Å². The van der Waals surface area contributed by atoms with Crippen LogP contribution in [-0.2, 0) is 30.6 Å². The first-order valence-electron chi connectivity index (χ1n) is 18.8. The Morgan fingerprint density at radius 3 is 2.30 bits per heavy atom. The van der Waals surface area contributed by atoms with Gasteiger partial charge in [-0.05, 0) is 97.7 Å². The molecular weight excluding hydrogens is 758 g/mol. The molecule has 4 saturated carbocycles. The molecule has 8 heteroatoms. The van der Waals surface area contributed by atoms with Gasteiger partial charge in [0.15, 0.2) is 0 Å². The summed E-state index contributed by atoms with van der Waals surface area (Å²) >= 11 is 0. The van der Waals surface area contributed by atoms with Gasteiger partial charge in [0.2, 0.25) is 6.54 Å². The number of ether oxygens (including phenoxy) is 1. The number of carboxylic acids is 1. The molecule has 6 unspecified atom stereocenters. The number of hydroxylamine groups is 2. The van der Waals surface area contributed by atoms with Gasteiger partial charge >= 0.3 is 27.0 Å². The summed E-state index contributed by atoms with van der Waals surface area (Å²) in [6, 6.07) is -0.160. The Labute approximate surface area is 295 Å². The number of quaternary nitrogens is 1. The SMILES string of the molecule is CC(C)CCC[C@@H](C)[C@H]1CCC2C3CC=C4C[C@@H](OCCC[NH+](O)CC(=O)O)CC[C@]4(C)C3CC[C@@]21C.[NH-]C1CCCCC1[NH-].[Pt+2]. The van der Waals surface area contributed by atoms with E-state index < -0.39 is 5.97 Å². The molecule has 4 fully saturated rings. The standard InChI is InChI=1S/C32H55NO4.C6H12N2.Pt/c1-22(2)8-6-9-23(3)27-12-13-28-26-11-10-24-20-25(37-19-7-18-33(36)21-30(34)35)14-16-31(24,4)29(26)15-17-32(27,28)5;7-5-3-1-2-4-6(5)8;/h10,22-23,25-29,36H,6-9,11-21H2,1-5H3,(H,34,35);5-8H,1-4H2;/q;-2;+2/p+1/t23-,25+,26?,27-,28?,29?,31+,32-;;/m1../s1. The van der Waals surface area contributed by atoms with Crippen molar-refractivity contribution in [2.75, 3.05) is 19.7 Å². The molecular formula is C38H68N3O4Pt+. The van der Waals surface area contributed by atoms with Crippen LogP contribution in [0.5, 0.6) is 0 Å². The zero-order valence-electron chi connectivity index (χ0n) is 29.7. The van der Waals surface area contributed by atoms with Crippen LogP contribution < -0.4 is 5.06 Å². The minimum absolute atomic E-state index is 0. The quantitative estimate of drug-likeness (QED) is 0.104. The maximum absolute atomic E-state index is 10.7. The Morgan fingerprint density at radius 2 is 1.67 bits per heavy atom. The van der Waals surface area contributed by atoms with Crippen molar-refractivity contribution < 1.29 is 46.0 Å². The van der Waals surface area contributed by atoms with E-state index in [1.807, 2.05) is 0 Å². The maximum atomic E-state index is 10.7. The molecule has 11 atom stereocenters. The van der Waals surface area contributed by atoms with E-state index in [1.165, 1.54) is 70.6 Å². The van der Waals surface area contributed by atoms with Crippen molar-refractivity contribution >= 4 is 5.97 Å². The Bertz CT molecular complexity index is 970. The fraction of sp³-hybridized carbons (Fsp3) is 0.921. The first-order chi connectivity index (χ1) is 21.3. The number of nitrogens with one attached hydrogen (secondary N) is 3. The van der Waals surface area contributed by atoms with Gasteiger partial charge in [-0.3, -0.25) is 0 Å². The molecule has 268 valence electrons. The van der Waals surface area contributed by atoms with E-state index in [4.69, 9.17) is 21.3 Å². The number of rotatable bonds is 12. The molecule has 0 radical (unpaired) electrons. The van der Waals surface area contributed by atoms with Gasteiger partial charge in [-0.25, -0.2) is 10.0 Å². The second kappa shape index (κ2) is 18.1. The van der Waals surface area contributed by atoms with Crippen molar-refractivity contribution in [3.05, 3.63) is 23.1 Å². The summed E-state index contributed by atoms with van der Waals surface area (Å²) in [6.07, 6.45) is 22.5. The van der Waals surface area contributed by atoms with Crippen molar-refractivity contribution in [1.82, 2.24) is 0 Å². The van der Waals surface area contributed by atoms with E-state index in [2.05, 4.69) is 40.7 Å². The number of carbonyl (C=O) groups is 1. The summed E-state index contributed by atoms with van der Waals surface area (Å²) in [5, 5.41) is 18.6. The van der Waals surface area contributed by atoms with Gasteiger partial charge in [0.05, 0.1) is 12.7 Å². The van der Waals surface area contributed by atoms with Crippen molar-refractivity contribution in [2.24, 2.45) is 46.3 Å². The number of allylic oxidation sites excluding steroid dienone is 1. The molecule has 5 aliphatic carbocycles. The third kappa shape index (κ3) is 9.90. The molecule has 5 rings (SSSR count). The van der Waals surface area contributed by atoms with Gasteiger partial charge in [0, 0.05) is 6.42 Å². The number of aliphatic carboxylic acids is 1. The van der Waals surface area contributed by atoms with Crippen molar-refractivity contribution in [2.45, 2.75) is 156 Å². The first kappa shape index (κ1) is 40.1. The Kier molecular flexibility index (Phi) is 15.8. The molecule has 0 amide bonds. The summed E-state index contributed by atoms with van der Waals surface area (Å²) in [5.41, 5.74) is 17.1. The van der Waals surface area contributed by atoms with E-state index in [-0.39, 0.29) is 50.9 Å². The Morgan fingerprint density at radius 1 is 0.978 bits per heavy atom. The molecule has 0 spiro atoms. The smallest absolute Gasteiger partial charge is 0.676 e. The van der Waals surface area contributed by atoms with E-state index in [0.29, 0.717) is 30.4 Å². The predicted octanol–water partition coefficient (Wildman–Crippen LogP) is 8.56. The fourth-order valence-electron chi connectivity index (χ4n) is 10.7. The minimum atomic E-state index is -0.972. The van der Waals surface area contributed by atoms with Crippen LogP contribution in [0.4, 0.5) is 0 Å². The molecule has 0 aromatic heterocycles. The van der Waals surface area contributed by atoms with Crippen molar-refractivity contribution in [1.29, 1.82) is 0 Å². The fourth-order valence-corrected chi connectivity index (χ4v) is 10.7. The van der Waals surface area contributed by atoms with Gasteiger partial charge < -0.3 is 21.3 Å². The normalized spacial score (nSPS) is 38.2. The average molecular weight is 826 g/mol. The average Bonchev–Trinajstić information content (AvgIpc) is 3.34. The topological polar surface area (TPSA) is 119 Å². The van der Waals surface area contributed by atoms with Crippen LogP contribution in [0.3, 0.4) is 0 Å². The number of hydrogen-bond donors (Lipinski definition) is 3. The minimum Gasteiger partial charge on any atom is -0.676 e. The first-order valence-corrected chi connectivity index (χ1v) is 18.8. The van der Waals surface area contributed by atoms with Crippen LogP contribution in [0.25, 0.3) is 11.5 Å². The van der Waals surface area contributed by atoms with E-state index in [1.54, 1.807) is 5.57 Å². The predicted molar refractivity (Wildman–Crippen MR) is 182 cm³/mol. The summed E-state index contributed by atoms with van der Waals surface area (Å²) in [4.78, 5) is 10.7. The second-order valence-electron chi connectivity index (χ2n) is 16.8. The molecule has 0 bridgehead atoms. The van der Waals surface area contributed by atoms with Gasteiger partial charge in [0.25, 0.3) is 0 Å². The van der Waals surface area contributed by atoms with Crippen LogP contribution in [0, 0.1) is 46.3 Å². The second-order valence-corrected chi connectivity index (χ2v) is 16.8. The summed E-state index contributed by atoms with van der Waals surface area (Å²) in [7, 11) is 0. The monoisotopic (exact) mass is 825 g/mol. The molecule has 0 heterocycles. The van der Waals surface area contributed by atoms with Gasteiger partial charge in [-0.1, -0.05) is 91.2 Å². The summed E-state index contributed by atoms with van der Waals surface area (Å²) in [5.74, 6) is 4.25. The van der Waals surface area contributed by atoms with Crippen LogP contribution in [0.2, 0.25) is 0 Å². The molecule has 5 N–H and O–H groups in total. The largest absolute Gasteiger partial charge is 2.00 e. The third-order valence-electron chi connectivity index (χ3n) is 13.3. The van der Waals surface area contributed by atoms with Gasteiger partial charge in [-0.2, -0.15) is 17.1 Å². The third-order valence-corrected chi connectivity index (χ3v) is 13.3. The number of fused-ring (bicyclic) bond motifs is 5. The molecule has 7 nitrogen and oxygen atoms in total. The van der Waals surface area contributed by atoms with E-state index in [9.17, 15) is 10.0 Å². The van der Waals surface area contributed by atoms with Gasteiger partial charge in [0.1, 0.15) is 6.54 Å². The molecule has 0 aromatic rings. The molecule has 0 aliphatic heterocycles. The zero-order chi connectivity index (χ0) is 32.8. The Hall–Kier alpha value is -0.302. The molecule has 0 saturated heterocycles. The number of hydrogen-bond acceptors (Lipinski definition) is 3. The van der Waals surface area contributed by atoms with Crippen molar-refractivity contribution in [3.63, 3.8) is 0 Å². The van der Waals surface area contributed by atoms with Crippen LogP contribution in [0.1, 0.15) is 137 Å². The van der Waals surface area contributed by atoms with Crippen LogP contribution in [0.15, 0.2) is 11.6 Å². The molecule has 5 aliphatic rings. The Balaban J connectivity index is 0.000000559. The number of carboxylic acid groups (broad SMARTS) is 1. The van der Waals surface area contributed by atoms with E-state index in [0.717, 1.165) is 61.2 Å². The molecule has 0 aromatic carbocycles. The van der Waals surface area contributed by atoms with Crippen LogP contribution >= 0.6 is 0 Å². The summed E-state index contributed by atoms with van der Waals surface area (Å²) < 4.78 is 6.23. The molecule has 46 heavy (non-hydrogen) atoms.